The third kappa shape index (κ3) is 2.08. The van der Waals surface area contributed by atoms with Crippen LogP contribution in [0.2, 0.25) is 0 Å². The molecular weight excluding hydrogens is 294 g/mol. The summed E-state index contributed by atoms with van der Waals surface area (Å²) in [5.41, 5.74) is 7.68. The molecule has 0 saturated heterocycles. The minimum atomic E-state index is 0.894. The lowest BCUT2D eigenvalue weighted by Crippen LogP contribution is -1.90. The monoisotopic (exact) mass is 307 g/mol. The average Bonchev–Trinajstić information content (AvgIpc) is 3.14. The van der Waals surface area contributed by atoms with Gasteiger partial charge in [0.15, 0.2) is 0 Å². The normalized spacial score (nSPS) is 11.2. The summed E-state index contributed by atoms with van der Waals surface area (Å²) in [6.45, 7) is 1.99. The smallest absolute Gasteiger partial charge is 0.113 e. The molecule has 4 rings (SSSR count). The van der Waals surface area contributed by atoms with Gasteiger partial charge in [-0.1, -0.05) is 17.3 Å². The molecule has 0 amide bonds. The predicted octanol–water partition coefficient (Wildman–Crippen LogP) is 3.46. The van der Waals surface area contributed by atoms with Gasteiger partial charge in [-0.05, 0) is 36.8 Å². The molecule has 108 valence electrons. The van der Waals surface area contributed by atoms with Crippen molar-refractivity contribution in [3.8, 4) is 21.8 Å². The summed E-state index contributed by atoms with van der Waals surface area (Å²) < 4.78 is 1.78. The lowest BCUT2D eigenvalue weighted by atomic mass is 10.1. The molecule has 0 bridgehead atoms. The first-order chi connectivity index (χ1) is 10.7. The third-order valence-corrected chi connectivity index (χ3v) is 4.45. The van der Waals surface area contributed by atoms with E-state index in [1.165, 1.54) is 0 Å². The van der Waals surface area contributed by atoms with E-state index in [1.807, 2.05) is 43.7 Å². The van der Waals surface area contributed by atoms with Crippen LogP contribution in [-0.4, -0.2) is 25.0 Å². The number of aromatic nitrogens is 5. The molecule has 0 spiro atoms. The highest BCUT2D eigenvalue weighted by Crippen LogP contribution is 2.34. The van der Waals surface area contributed by atoms with Gasteiger partial charge in [-0.2, -0.15) is 0 Å². The van der Waals surface area contributed by atoms with Gasteiger partial charge in [0.25, 0.3) is 0 Å². The molecule has 3 heterocycles. The van der Waals surface area contributed by atoms with Crippen molar-refractivity contribution in [2.45, 2.75) is 6.92 Å². The van der Waals surface area contributed by atoms with E-state index in [-0.39, 0.29) is 0 Å². The highest BCUT2D eigenvalue weighted by atomic mass is 32.1. The van der Waals surface area contributed by atoms with Crippen molar-refractivity contribution in [1.82, 2.24) is 25.0 Å². The summed E-state index contributed by atoms with van der Waals surface area (Å²) in [6.07, 6.45) is 0. The first-order valence-electron chi connectivity index (χ1n) is 6.90. The van der Waals surface area contributed by atoms with Crippen molar-refractivity contribution < 1.29 is 0 Å². The van der Waals surface area contributed by atoms with Crippen LogP contribution in [-0.2, 0) is 7.05 Å². The van der Waals surface area contributed by atoms with Crippen molar-refractivity contribution in [3.05, 3.63) is 47.6 Å². The number of rotatable bonds is 2. The Hall–Kier alpha value is -2.60. The average molecular weight is 307 g/mol. The zero-order chi connectivity index (χ0) is 15.1. The van der Waals surface area contributed by atoms with Crippen molar-refractivity contribution in [1.29, 1.82) is 0 Å². The summed E-state index contributed by atoms with van der Waals surface area (Å²) in [7, 11) is 1.90. The number of benzene rings is 1. The fourth-order valence-corrected chi connectivity index (χ4v) is 3.28. The Morgan fingerprint density at radius 2 is 2.05 bits per heavy atom. The maximum atomic E-state index is 4.59. The molecule has 0 N–H and O–H groups in total. The minimum Gasteiger partial charge on any atom is -0.251 e. The summed E-state index contributed by atoms with van der Waals surface area (Å²) >= 11 is 1.62. The van der Waals surface area contributed by atoms with Crippen LogP contribution in [0.15, 0.2) is 41.9 Å². The van der Waals surface area contributed by atoms with Gasteiger partial charge in [0, 0.05) is 12.7 Å². The fraction of sp³-hybridized carbons (Fsp3) is 0.125. The number of thiazole rings is 1. The van der Waals surface area contributed by atoms with Crippen LogP contribution >= 0.6 is 11.3 Å². The van der Waals surface area contributed by atoms with Crippen LogP contribution in [0.5, 0.6) is 0 Å². The van der Waals surface area contributed by atoms with E-state index >= 15 is 0 Å². The topological polar surface area (TPSA) is 56.5 Å². The maximum absolute atomic E-state index is 4.59. The lowest BCUT2D eigenvalue weighted by molar-refractivity contribution is 0.736. The Morgan fingerprint density at radius 3 is 2.91 bits per heavy atom. The van der Waals surface area contributed by atoms with Gasteiger partial charge in [0.05, 0.1) is 21.6 Å². The third-order valence-electron chi connectivity index (χ3n) is 3.57. The van der Waals surface area contributed by atoms with Gasteiger partial charge < -0.3 is 0 Å². The SMILES string of the molecule is Cc1cccc(-c2ncsc2-c2ccc3nnn(C)c3c2)n1. The van der Waals surface area contributed by atoms with E-state index < -0.39 is 0 Å². The highest BCUT2D eigenvalue weighted by molar-refractivity contribution is 7.13. The van der Waals surface area contributed by atoms with Crippen molar-refractivity contribution >= 4 is 22.4 Å². The summed E-state index contributed by atoms with van der Waals surface area (Å²) in [4.78, 5) is 10.2. The summed E-state index contributed by atoms with van der Waals surface area (Å²) in [5.74, 6) is 0. The molecule has 1 aromatic carbocycles. The molecule has 0 aliphatic carbocycles. The van der Waals surface area contributed by atoms with Gasteiger partial charge in [0.2, 0.25) is 0 Å². The Kier molecular flexibility index (Phi) is 2.97. The molecule has 3 aromatic heterocycles. The first kappa shape index (κ1) is 13.1. The largest absolute Gasteiger partial charge is 0.251 e. The van der Waals surface area contributed by atoms with E-state index in [0.717, 1.165) is 38.6 Å². The van der Waals surface area contributed by atoms with Crippen molar-refractivity contribution in [2.75, 3.05) is 0 Å². The van der Waals surface area contributed by atoms with Crippen LogP contribution in [0.3, 0.4) is 0 Å². The minimum absolute atomic E-state index is 0.894. The zero-order valence-corrected chi connectivity index (χ0v) is 13.0. The zero-order valence-electron chi connectivity index (χ0n) is 12.2. The standard InChI is InChI=1S/C16H13N5S/c1-10-4-3-5-13(18-10)15-16(22-9-17-15)11-6-7-12-14(8-11)21(2)20-19-12/h3-9H,1-2H3. The maximum Gasteiger partial charge on any atom is 0.113 e. The van der Waals surface area contributed by atoms with E-state index in [0.29, 0.717) is 0 Å². The molecular formula is C16H13N5S. The number of nitrogens with zero attached hydrogens (tertiary/aromatic N) is 5. The summed E-state index contributed by atoms with van der Waals surface area (Å²) in [5, 5.41) is 8.17. The van der Waals surface area contributed by atoms with Crippen LogP contribution in [0.25, 0.3) is 32.9 Å². The van der Waals surface area contributed by atoms with Crippen LogP contribution in [0, 0.1) is 6.92 Å². The van der Waals surface area contributed by atoms with Crippen LogP contribution in [0.4, 0.5) is 0 Å². The van der Waals surface area contributed by atoms with Crippen molar-refractivity contribution in [3.63, 3.8) is 0 Å². The van der Waals surface area contributed by atoms with E-state index in [4.69, 9.17) is 0 Å². The quantitative estimate of drug-likeness (QED) is 0.569. The molecule has 0 aliphatic heterocycles. The number of aryl methyl sites for hydroxylation is 2. The Balaban J connectivity index is 1.89. The molecule has 0 unspecified atom stereocenters. The number of hydrogen-bond acceptors (Lipinski definition) is 5. The molecule has 6 heteroatoms. The molecule has 4 aromatic rings. The lowest BCUT2D eigenvalue weighted by Gasteiger charge is -2.04. The van der Waals surface area contributed by atoms with Gasteiger partial charge in [-0.25, -0.2) is 9.67 Å². The van der Waals surface area contributed by atoms with E-state index in [9.17, 15) is 0 Å². The van der Waals surface area contributed by atoms with E-state index in [1.54, 1.807) is 16.0 Å². The second kappa shape index (κ2) is 4.99. The predicted molar refractivity (Wildman–Crippen MR) is 87.6 cm³/mol. The number of pyridine rings is 1. The first-order valence-corrected chi connectivity index (χ1v) is 7.77. The summed E-state index contributed by atoms with van der Waals surface area (Å²) in [6, 6.07) is 12.1. The van der Waals surface area contributed by atoms with Crippen LogP contribution < -0.4 is 0 Å². The molecule has 0 atom stereocenters. The fourth-order valence-electron chi connectivity index (χ4n) is 2.48. The Labute approximate surface area is 131 Å². The van der Waals surface area contributed by atoms with Crippen molar-refractivity contribution in [2.24, 2.45) is 7.05 Å². The second-order valence-corrected chi connectivity index (χ2v) is 5.97. The van der Waals surface area contributed by atoms with Gasteiger partial charge in [-0.15, -0.1) is 16.4 Å². The highest BCUT2D eigenvalue weighted by Gasteiger charge is 2.13. The van der Waals surface area contributed by atoms with Crippen LogP contribution in [0.1, 0.15) is 5.69 Å². The molecule has 5 nitrogen and oxygen atoms in total. The van der Waals surface area contributed by atoms with Gasteiger partial charge in [-0.3, -0.25) is 4.98 Å². The number of hydrogen-bond donors (Lipinski definition) is 0. The molecule has 0 radical (unpaired) electrons. The Morgan fingerprint density at radius 1 is 1.14 bits per heavy atom. The molecule has 22 heavy (non-hydrogen) atoms. The van der Waals surface area contributed by atoms with E-state index in [2.05, 4.69) is 32.4 Å². The Bertz CT molecular complexity index is 970. The molecule has 0 fully saturated rings. The number of fused-ring (bicyclic) bond motifs is 1. The molecule has 0 aliphatic rings. The molecule has 0 saturated carbocycles. The van der Waals surface area contributed by atoms with Gasteiger partial charge in [0.1, 0.15) is 11.2 Å². The van der Waals surface area contributed by atoms with Gasteiger partial charge >= 0.3 is 0 Å². The second-order valence-electron chi connectivity index (χ2n) is 5.11.